The number of anilines is 1. The van der Waals surface area contributed by atoms with Crippen LogP contribution in [0, 0.1) is 5.92 Å². The van der Waals surface area contributed by atoms with Crippen LogP contribution in [0.1, 0.15) is 6.42 Å². The Morgan fingerprint density at radius 3 is 3.07 bits per heavy atom. The van der Waals surface area contributed by atoms with Gasteiger partial charge in [-0.2, -0.15) is 0 Å². The Morgan fingerprint density at radius 1 is 1.33 bits per heavy atom. The number of ether oxygens (including phenoxy) is 1. The predicted molar refractivity (Wildman–Crippen MR) is 105 cm³/mol. The highest BCUT2D eigenvalue weighted by Crippen LogP contribution is 2.59. The Bertz CT molecular complexity index is 1300. The SMILES string of the molecule is CN(C)c1ncnc2sc3c(=O)n(C4=CC5CC56OC=CC6=C4)cnc3c12. The normalized spacial score (nSPS) is 25.0. The summed E-state index contributed by atoms with van der Waals surface area (Å²) in [5.74, 6) is 1.09. The van der Waals surface area contributed by atoms with E-state index in [1.165, 1.54) is 17.7 Å². The lowest BCUT2D eigenvalue weighted by atomic mass is 10.0. The first kappa shape index (κ1) is 15.1. The maximum absolute atomic E-state index is 13.2. The number of fused-ring (bicyclic) bond motifs is 3. The highest BCUT2D eigenvalue weighted by atomic mass is 32.1. The van der Waals surface area contributed by atoms with Crippen LogP contribution >= 0.6 is 11.3 Å². The van der Waals surface area contributed by atoms with E-state index in [1.54, 1.807) is 17.2 Å². The van der Waals surface area contributed by atoms with E-state index in [-0.39, 0.29) is 11.2 Å². The Balaban J connectivity index is 1.58. The zero-order chi connectivity index (χ0) is 18.3. The maximum Gasteiger partial charge on any atom is 0.275 e. The Morgan fingerprint density at radius 2 is 2.22 bits per heavy atom. The van der Waals surface area contributed by atoms with E-state index in [4.69, 9.17) is 4.74 Å². The molecule has 2 unspecified atom stereocenters. The van der Waals surface area contributed by atoms with Crippen molar-refractivity contribution in [2.24, 2.45) is 5.92 Å². The van der Waals surface area contributed by atoms with Crippen molar-refractivity contribution in [3.05, 3.63) is 53.1 Å². The zero-order valence-corrected chi connectivity index (χ0v) is 15.5. The minimum atomic E-state index is -0.168. The smallest absolute Gasteiger partial charge is 0.275 e. The Labute approximate surface area is 157 Å². The molecule has 1 saturated carbocycles. The highest BCUT2D eigenvalue weighted by molar-refractivity contribution is 7.25. The van der Waals surface area contributed by atoms with Crippen LogP contribution < -0.4 is 10.5 Å². The molecule has 8 heteroatoms. The summed E-state index contributed by atoms with van der Waals surface area (Å²) in [6.07, 6.45) is 12.0. The van der Waals surface area contributed by atoms with Crippen LogP contribution in [0.4, 0.5) is 5.82 Å². The Kier molecular flexibility index (Phi) is 2.70. The van der Waals surface area contributed by atoms with Crippen molar-refractivity contribution < 1.29 is 4.74 Å². The van der Waals surface area contributed by atoms with Crippen LogP contribution in [-0.4, -0.2) is 39.2 Å². The van der Waals surface area contributed by atoms with Crippen molar-refractivity contribution in [2.75, 3.05) is 19.0 Å². The fourth-order valence-corrected chi connectivity index (χ4v) is 5.09. The van der Waals surface area contributed by atoms with Gasteiger partial charge in [-0.05, 0) is 12.2 Å². The molecule has 1 spiro atoms. The lowest BCUT2D eigenvalue weighted by Crippen LogP contribution is -2.22. The summed E-state index contributed by atoms with van der Waals surface area (Å²) >= 11 is 1.37. The van der Waals surface area contributed by atoms with Gasteiger partial charge in [-0.1, -0.05) is 6.08 Å². The van der Waals surface area contributed by atoms with E-state index in [2.05, 4.69) is 21.0 Å². The Hall–Kier alpha value is -3.00. The largest absolute Gasteiger partial charge is 0.490 e. The van der Waals surface area contributed by atoms with Crippen molar-refractivity contribution >= 4 is 43.3 Å². The van der Waals surface area contributed by atoms with Gasteiger partial charge in [-0.15, -0.1) is 11.3 Å². The molecular weight excluding hydrogens is 362 g/mol. The molecule has 6 rings (SSSR count). The van der Waals surface area contributed by atoms with Gasteiger partial charge in [0.25, 0.3) is 5.56 Å². The molecule has 0 amide bonds. The number of thiophene rings is 1. The quantitative estimate of drug-likeness (QED) is 0.683. The monoisotopic (exact) mass is 377 g/mol. The molecule has 3 aromatic heterocycles. The summed E-state index contributed by atoms with van der Waals surface area (Å²) in [4.78, 5) is 29.2. The van der Waals surface area contributed by atoms with Gasteiger partial charge in [0.2, 0.25) is 0 Å². The van der Waals surface area contributed by atoms with E-state index in [9.17, 15) is 4.79 Å². The van der Waals surface area contributed by atoms with Crippen molar-refractivity contribution in [3.63, 3.8) is 0 Å². The van der Waals surface area contributed by atoms with Crippen molar-refractivity contribution in [1.82, 2.24) is 19.5 Å². The van der Waals surface area contributed by atoms with E-state index in [1.807, 2.05) is 31.1 Å². The van der Waals surface area contributed by atoms with Crippen molar-refractivity contribution in [1.29, 1.82) is 0 Å². The van der Waals surface area contributed by atoms with Gasteiger partial charge in [-0.25, -0.2) is 15.0 Å². The number of allylic oxidation sites excluding steroid dienone is 2. The molecule has 0 saturated heterocycles. The summed E-state index contributed by atoms with van der Waals surface area (Å²) < 4.78 is 7.99. The second kappa shape index (κ2) is 4.83. The summed E-state index contributed by atoms with van der Waals surface area (Å²) in [5, 5.41) is 0.830. The van der Waals surface area contributed by atoms with E-state index >= 15 is 0 Å². The molecule has 0 bridgehead atoms. The first-order valence-electron chi connectivity index (χ1n) is 8.69. The van der Waals surface area contributed by atoms with E-state index in [0.717, 1.165) is 33.7 Å². The second-order valence-corrected chi connectivity index (χ2v) is 8.28. The third kappa shape index (κ3) is 1.85. The zero-order valence-electron chi connectivity index (χ0n) is 14.7. The topological polar surface area (TPSA) is 73.1 Å². The molecule has 1 fully saturated rings. The molecule has 3 aromatic rings. The molecule has 3 aliphatic rings. The fraction of sp³-hybridized carbons (Fsp3) is 0.263. The fourth-order valence-electron chi connectivity index (χ4n) is 4.07. The van der Waals surface area contributed by atoms with Crippen LogP contribution in [0.3, 0.4) is 0 Å². The third-order valence-electron chi connectivity index (χ3n) is 5.51. The van der Waals surface area contributed by atoms with Crippen LogP contribution in [0.25, 0.3) is 26.1 Å². The van der Waals surface area contributed by atoms with Gasteiger partial charge >= 0.3 is 0 Å². The van der Waals surface area contributed by atoms with Crippen molar-refractivity contribution in [2.45, 2.75) is 12.0 Å². The summed E-state index contributed by atoms with van der Waals surface area (Å²) in [6.45, 7) is 0. The summed E-state index contributed by atoms with van der Waals surface area (Å²) in [6, 6.07) is 0. The molecule has 7 nitrogen and oxygen atoms in total. The van der Waals surface area contributed by atoms with Gasteiger partial charge in [0.15, 0.2) is 0 Å². The standard InChI is InChI=1S/C19H15N5O2S/c1-23(2)16-13-14-15(27-17(13)21-8-20-16)18(25)24(9-22-14)12-5-10-3-4-26-19(10)7-11(19)6-12/h3-6,8-9,11H,7H2,1-2H3. The summed E-state index contributed by atoms with van der Waals surface area (Å²) in [7, 11) is 3.84. The van der Waals surface area contributed by atoms with Gasteiger partial charge in [-0.3, -0.25) is 9.36 Å². The first-order chi connectivity index (χ1) is 13.1. The van der Waals surface area contributed by atoms with E-state index in [0.29, 0.717) is 16.1 Å². The lowest BCUT2D eigenvalue weighted by molar-refractivity contribution is 0.165. The molecule has 27 heavy (non-hydrogen) atoms. The molecule has 2 aliphatic carbocycles. The van der Waals surface area contributed by atoms with Crippen LogP contribution in [0.15, 0.2) is 47.5 Å². The predicted octanol–water partition coefficient (Wildman–Crippen LogP) is 2.55. The molecule has 0 N–H and O–H groups in total. The number of nitrogens with zero attached hydrogens (tertiary/aromatic N) is 5. The highest BCUT2D eigenvalue weighted by Gasteiger charge is 2.60. The number of hydrogen-bond acceptors (Lipinski definition) is 7. The third-order valence-corrected chi connectivity index (χ3v) is 6.59. The second-order valence-electron chi connectivity index (χ2n) is 7.28. The molecule has 0 aromatic carbocycles. The number of rotatable bonds is 2. The van der Waals surface area contributed by atoms with Crippen LogP contribution in [0.2, 0.25) is 0 Å². The molecule has 2 atom stereocenters. The number of hydrogen-bond donors (Lipinski definition) is 0. The average Bonchev–Trinajstić information content (AvgIpc) is 3.03. The van der Waals surface area contributed by atoms with Gasteiger partial charge < -0.3 is 9.64 Å². The summed E-state index contributed by atoms with van der Waals surface area (Å²) in [5.41, 5.74) is 2.41. The molecule has 4 heterocycles. The molecule has 134 valence electrons. The van der Waals surface area contributed by atoms with Gasteiger partial charge in [0, 0.05) is 37.7 Å². The average molecular weight is 377 g/mol. The molecule has 1 aliphatic heterocycles. The van der Waals surface area contributed by atoms with Crippen molar-refractivity contribution in [3.8, 4) is 0 Å². The van der Waals surface area contributed by atoms with Crippen LogP contribution in [-0.2, 0) is 4.74 Å². The minimum Gasteiger partial charge on any atom is -0.490 e. The van der Waals surface area contributed by atoms with Crippen LogP contribution in [0.5, 0.6) is 0 Å². The van der Waals surface area contributed by atoms with Gasteiger partial charge in [0.1, 0.15) is 39.1 Å². The lowest BCUT2D eigenvalue weighted by Gasteiger charge is -2.17. The van der Waals surface area contributed by atoms with Gasteiger partial charge in [0.05, 0.1) is 11.6 Å². The molecular formula is C19H15N5O2S. The first-order valence-corrected chi connectivity index (χ1v) is 9.51. The number of aromatic nitrogens is 4. The maximum atomic E-state index is 13.2. The molecule has 0 radical (unpaired) electrons. The minimum absolute atomic E-state index is 0.0770. The van der Waals surface area contributed by atoms with E-state index < -0.39 is 0 Å².